The van der Waals surface area contributed by atoms with Gasteiger partial charge >= 0.3 is 11.4 Å². The molecule has 0 unspecified atom stereocenters. The molecular weight excluding hydrogens is 234 g/mol. The van der Waals surface area contributed by atoms with Gasteiger partial charge in [0.1, 0.15) is 24.6 Å². The third-order valence-electron chi connectivity index (χ3n) is 2.54. The van der Waals surface area contributed by atoms with Gasteiger partial charge in [-0.1, -0.05) is 0 Å². The average molecular weight is 245 g/mol. The molecule has 2 rings (SSSR count). The summed E-state index contributed by atoms with van der Waals surface area (Å²) >= 11 is 0. The van der Waals surface area contributed by atoms with E-state index in [9.17, 15) is 19.8 Å². The van der Waals surface area contributed by atoms with Crippen LogP contribution in [-0.4, -0.2) is 54.8 Å². The molecular formula is C8H11N3O6. The van der Waals surface area contributed by atoms with Crippen LogP contribution in [0.15, 0.2) is 15.9 Å². The van der Waals surface area contributed by atoms with Gasteiger partial charge < -0.3 is 20.1 Å². The lowest BCUT2D eigenvalue weighted by Gasteiger charge is -2.15. The number of rotatable bonds is 2. The third kappa shape index (κ3) is 2.00. The summed E-state index contributed by atoms with van der Waals surface area (Å²) < 4.78 is 5.93. The maximum Gasteiger partial charge on any atom is 0.350 e. The van der Waals surface area contributed by atoms with E-state index < -0.39 is 42.5 Å². The molecule has 0 amide bonds. The summed E-state index contributed by atoms with van der Waals surface area (Å²) in [6.45, 7) is -0.500. The normalized spacial score (nSPS) is 32.9. The highest BCUT2D eigenvalue weighted by Gasteiger charge is 2.43. The molecule has 1 fully saturated rings. The number of aliphatic hydroxyl groups excluding tert-OH is 3. The van der Waals surface area contributed by atoms with Crippen LogP contribution in [0.3, 0.4) is 0 Å². The SMILES string of the molecule is O=c1ncn([C@H]2O[C@@H](CO)[C@@H](O)[C@@H]2O)c(=O)[nH]1. The Kier molecular flexibility index (Phi) is 3.07. The second kappa shape index (κ2) is 4.37. The highest BCUT2D eigenvalue weighted by molar-refractivity contribution is 4.89. The molecule has 0 saturated carbocycles. The molecule has 0 bridgehead atoms. The van der Waals surface area contributed by atoms with Crippen LogP contribution in [0.25, 0.3) is 0 Å². The van der Waals surface area contributed by atoms with Crippen molar-refractivity contribution in [3.63, 3.8) is 0 Å². The first-order valence-electron chi connectivity index (χ1n) is 4.84. The monoisotopic (exact) mass is 245 g/mol. The van der Waals surface area contributed by atoms with Crippen molar-refractivity contribution in [1.82, 2.24) is 14.5 Å². The summed E-state index contributed by atoms with van der Waals surface area (Å²) in [6.07, 6.45) is -3.99. The number of H-pyrrole nitrogens is 1. The van der Waals surface area contributed by atoms with Crippen LogP contribution in [0.4, 0.5) is 0 Å². The fraction of sp³-hybridized carbons (Fsp3) is 0.625. The highest BCUT2D eigenvalue weighted by atomic mass is 16.6. The number of aliphatic hydroxyl groups is 3. The minimum absolute atomic E-state index is 0.500. The highest BCUT2D eigenvalue weighted by Crippen LogP contribution is 2.27. The van der Waals surface area contributed by atoms with Gasteiger partial charge in [0, 0.05) is 0 Å². The molecule has 1 aromatic rings. The third-order valence-corrected chi connectivity index (χ3v) is 2.54. The molecule has 17 heavy (non-hydrogen) atoms. The summed E-state index contributed by atoms with van der Waals surface area (Å²) in [4.78, 5) is 27.4. The van der Waals surface area contributed by atoms with E-state index in [1.54, 1.807) is 0 Å². The molecule has 4 N–H and O–H groups in total. The smallest absolute Gasteiger partial charge is 0.350 e. The Morgan fingerprint density at radius 3 is 2.65 bits per heavy atom. The van der Waals surface area contributed by atoms with E-state index in [0.29, 0.717) is 0 Å². The molecule has 4 atom stereocenters. The van der Waals surface area contributed by atoms with Gasteiger partial charge in [-0.05, 0) is 0 Å². The van der Waals surface area contributed by atoms with Crippen LogP contribution in [-0.2, 0) is 4.74 Å². The number of nitrogens with one attached hydrogen (secondary N) is 1. The van der Waals surface area contributed by atoms with Gasteiger partial charge in [-0.25, -0.2) is 9.59 Å². The molecule has 94 valence electrons. The minimum Gasteiger partial charge on any atom is -0.394 e. The van der Waals surface area contributed by atoms with Crippen molar-refractivity contribution < 1.29 is 20.1 Å². The Bertz CT molecular complexity index is 510. The number of nitrogens with zero attached hydrogens (tertiary/aromatic N) is 2. The molecule has 1 aliphatic rings. The van der Waals surface area contributed by atoms with E-state index in [-0.39, 0.29) is 0 Å². The lowest BCUT2D eigenvalue weighted by Crippen LogP contribution is -2.38. The second-order valence-electron chi connectivity index (χ2n) is 3.62. The maximum atomic E-state index is 11.4. The molecule has 0 spiro atoms. The lowest BCUT2D eigenvalue weighted by atomic mass is 10.1. The Morgan fingerprint density at radius 2 is 2.12 bits per heavy atom. The predicted molar refractivity (Wildman–Crippen MR) is 52.1 cm³/mol. The number of hydrogen-bond acceptors (Lipinski definition) is 7. The number of hydrogen-bond donors (Lipinski definition) is 4. The second-order valence-corrected chi connectivity index (χ2v) is 3.62. The van der Waals surface area contributed by atoms with E-state index in [0.717, 1.165) is 10.9 Å². The molecule has 0 aliphatic carbocycles. The fourth-order valence-corrected chi connectivity index (χ4v) is 1.65. The summed E-state index contributed by atoms with van der Waals surface area (Å²) in [5.41, 5.74) is -1.64. The zero-order valence-electron chi connectivity index (χ0n) is 8.55. The fourth-order valence-electron chi connectivity index (χ4n) is 1.65. The van der Waals surface area contributed by atoms with Crippen molar-refractivity contribution >= 4 is 0 Å². The Labute approximate surface area is 93.9 Å². The number of ether oxygens (including phenoxy) is 1. The molecule has 0 radical (unpaired) electrons. The first-order chi connectivity index (χ1) is 8.04. The van der Waals surface area contributed by atoms with E-state index in [1.165, 1.54) is 0 Å². The largest absolute Gasteiger partial charge is 0.394 e. The van der Waals surface area contributed by atoms with E-state index >= 15 is 0 Å². The average Bonchev–Trinajstić information content (AvgIpc) is 2.57. The molecule has 9 heteroatoms. The Hall–Kier alpha value is -1.55. The predicted octanol–water partition coefficient (Wildman–Crippen LogP) is -3.46. The zero-order valence-corrected chi connectivity index (χ0v) is 8.55. The van der Waals surface area contributed by atoms with Crippen molar-refractivity contribution in [3.05, 3.63) is 27.3 Å². The van der Waals surface area contributed by atoms with Gasteiger partial charge in [0.2, 0.25) is 0 Å². The first-order valence-corrected chi connectivity index (χ1v) is 4.84. The minimum atomic E-state index is -1.39. The molecule has 1 aromatic heterocycles. The maximum absolute atomic E-state index is 11.4. The molecule has 2 heterocycles. The van der Waals surface area contributed by atoms with Crippen LogP contribution >= 0.6 is 0 Å². The van der Waals surface area contributed by atoms with E-state index in [1.807, 2.05) is 4.98 Å². The summed E-state index contributed by atoms with van der Waals surface area (Å²) in [7, 11) is 0. The van der Waals surface area contributed by atoms with Gasteiger partial charge in [-0.3, -0.25) is 9.55 Å². The van der Waals surface area contributed by atoms with Crippen LogP contribution in [0.1, 0.15) is 6.23 Å². The van der Waals surface area contributed by atoms with Gasteiger partial charge in [-0.15, -0.1) is 0 Å². The van der Waals surface area contributed by atoms with Crippen LogP contribution < -0.4 is 11.4 Å². The van der Waals surface area contributed by atoms with Gasteiger partial charge in [0.15, 0.2) is 6.23 Å². The van der Waals surface area contributed by atoms with Crippen LogP contribution in [0.2, 0.25) is 0 Å². The quantitative estimate of drug-likeness (QED) is 0.425. The van der Waals surface area contributed by atoms with Crippen molar-refractivity contribution in [2.75, 3.05) is 6.61 Å². The van der Waals surface area contributed by atoms with Crippen LogP contribution in [0, 0.1) is 0 Å². The van der Waals surface area contributed by atoms with Crippen molar-refractivity contribution in [2.45, 2.75) is 24.5 Å². The van der Waals surface area contributed by atoms with E-state index in [2.05, 4.69) is 4.98 Å². The number of aromatic amines is 1. The molecule has 9 nitrogen and oxygen atoms in total. The molecule has 0 aromatic carbocycles. The van der Waals surface area contributed by atoms with Gasteiger partial charge in [-0.2, -0.15) is 4.98 Å². The number of aromatic nitrogens is 3. The molecule has 1 saturated heterocycles. The summed E-state index contributed by atoms with van der Waals surface area (Å²) in [5, 5.41) is 28.0. The van der Waals surface area contributed by atoms with Crippen molar-refractivity contribution in [3.8, 4) is 0 Å². The molecule has 1 aliphatic heterocycles. The Morgan fingerprint density at radius 1 is 1.41 bits per heavy atom. The van der Waals surface area contributed by atoms with Crippen molar-refractivity contribution in [2.24, 2.45) is 0 Å². The lowest BCUT2D eigenvalue weighted by molar-refractivity contribution is -0.0555. The first kappa shape index (κ1) is 11.9. The van der Waals surface area contributed by atoms with E-state index in [4.69, 9.17) is 9.84 Å². The zero-order chi connectivity index (χ0) is 12.6. The Balaban J connectivity index is 2.35. The van der Waals surface area contributed by atoms with Crippen molar-refractivity contribution in [1.29, 1.82) is 0 Å². The standard InChI is InChI=1S/C8H11N3O6/c12-1-3-4(13)5(14)6(17-3)11-2-9-7(15)10-8(11)16/h2-6,12-14H,1H2,(H,10,15,16)/t3-,4+,5-,6-/m0/s1. The summed E-state index contributed by atoms with van der Waals surface area (Å²) in [6, 6.07) is 0. The van der Waals surface area contributed by atoms with Gasteiger partial charge in [0.05, 0.1) is 6.61 Å². The van der Waals surface area contributed by atoms with Gasteiger partial charge in [0.25, 0.3) is 0 Å². The summed E-state index contributed by atoms with van der Waals surface area (Å²) in [5.74, 6) is 0. The van der Waals surface area contributed by atoms with Crippen LogP contribution in [0.5, 0.6) is 0 Å². The topological polar surface area (TPSA) is 138 Å².